The fraction of sp³-hybridized carbons (Fsp3) is 0.471. The van der Waals surface area contributed by atoms with Crippen LogP contribution in [0.25, 0.3) is 10.9 Å². The molecule has 0 saturated carbocycles. The van der Waals surface area contributed by atoms with Crippen molar-refractivity contribution in [1.29, 1.82) is 0 Å². The molecular formula is C17H25N3O2. The molecule has 0 radical (unpaired) electrons. The SMILES string of the molecule is COc1ccc2[nH]cc(C(C)(C)CNC(=O)NC(C)C)c2c1. The monoisotopic (exact) mass is 303 g/mol. The largest absolute Gasteiger partial charge is 0.497 e. The van der Waals surface area contributed by atoms with Gasteiger partial charge in [0.05, 0.1) is 7.11 Å². The number of methoxy groups -OCH3 is 1. The number of rotatable bonds is 5. The number of amides is 2. The highest BCUT2D eigenvalue weighted by Gasteiger charge is 2.25. The van der Waals surface area contributed by atoms with Gasteiger partial charge in [-0.05, 0) is 37.6 Å². The minimum Gasteiger partial charge on any atom is -0.497 e. The molecule has 0 saturated heterocycles. The highest BCUT2D eigenvalue weighted by atomic mass is 16.5. The summed E-state index contributed by atoms with van der Waals surface area (Å²) in [6.45, 7) is 8.67. The third-order valence-electron chi connectivity index (χ3n) is 3.73. The van der Waals surface area contributed by atoms with Crippen LogP contribution in [0.3, 0.4) is 0 Å². The van der Waals surface area contributed by atoms with Gasteiger partial charge < -0.3 is 20.4 Å². The van der Waals surface area contributed by atoms with E-state index < -0.39 is 0 Å². The Morgan fingerprint density at radius 3 is 2.73 bits per heavy atom. The first-order chi connectivity index (χ1) is 10.3. The number of hydrogen-bond acceptors (Lipinski definition) is 2. The van der Waals surface area contributed by atoms with E-state index in [1.54, 1.807) is 7.11 Å². The van der Waals surface area contributed by atoms with E-state index in [4.69, 9.17) is 4.74 Å². The summed E-state index contributed by atoms with van der Waals surface area (Å²) in [7, 11) is 1.66. The summed E-state index contributed by atoms with van der Waals surface area (Å²) in [5, 5.41) is 6.90. The molecule has 0 aliphatic rings. The Morgan fingerprint density at radius 1 is 1.36 bits per heavy atom. The Morgan fingerprint density at radius 2 is 2.09 bits per heavy atom. The third-order valence-corrected chi connectivity index (χ3v) is 3.73. The van der Waals surface area contributed by atoms with Gasteiger partial charge in [0, 0.05) is 35.1 Å². The minimum atomic E-state index is -0.196. The van der Waals surface area contributed by atoms with Crippen LogP contribution in [0, 0.1) is 0 Å². The number of carbonyl (C=O) groups is 1. The fourth-order valence-corrected chi connectivity index (χ4v) is 2.50. The predicted octanol–water partition coefficient (Wildman–Crippen LogP) is 3.16. The average molecular weight is 303 g/mol. The van der Waals surface area contributed by atoms with Gasteiger partial charge in [0.2, 0.25) is 0 Å². The van der Waals surface area contributed by atoms with Crippen LogP contribution in [0.1, 0.15) is 33.3 Å². The maximum absolute atomic E-state index is 11.8. The van der Waals surface area contributed by atoms with Crippen molar-refractivity contribution in [2.24, 2.45) is 0 Å². The molecule has 5 nitrogen and oxygen atoms in total. The van der Waals surface area contributed by atoms with E-state index in [0.717, 1.165) is 22.2 Å². The van der Waals surface area contributed by atoms with Gasteiger partial charge in [-0.1, -0.05) is 13.8 Å². The molecule has 2 amide bonds. The Kier molecular flexibility index (Phi) is 4.64. The molecule has 0 aliphatic heterocycles. The standard InChI is InChI=1S/C17H25N3O2/c1-11(2)20-16(21)19-10-17(3,4)14-9-18-15-7-6-12(22-5)8-13(14)15/h6-9,11,18H,10H2,1-5H3,(H2,19,20,21). The van der Waals surface area contributed by atoms with Crippen molar-refractivity contribution < 1.29 is 9.53 Å². The lowest BCUT2D eigenvalue weighted by atomic mass is 9.84. The van der Waals surface area contributed by atoms with E-state index in [2.05, 4.69) is 29.5 Å². The van der Waals surface area contributed by atoms with Crippen LogP contribution < -0.4 is 15.4 Å². The molecule has 22 heavy (non-hydrogen) atoms. The van der Waals surface area contributed by atoms with E-state index >= 15 is 0 Å². The van der Waals surface area contributed by atoms with Gasteiger partial charge in [-0.2, -0.15) is 0 Å². The summed E-state index contributed by atoms with van der Waals surface area (Å²) >= 11 is 0. The van der Waals surface area contributed by atoms with E-state index in [1.165, 1.54) is 0 Å². The second kappa shape index (κ2) is 6.30. The van der Waals surface area contributed by atoms with Gasteiger partial charge in [0.15, 0.2) is 0 Å². The van der Waals surface area contributed by atoms with Crippen molar-refractivity contribution in [2.45, 2.75) is 39.2 Å². The first kappa shape index (κ1) is 16.2. The molecule has 2 aromatic rings. The Balaban J connectivity index is 2.20. The van der Waals surface area contributed by atoms with Crippen molar-refractivity contribution in [3.8, 4) is 5.75 Å². The summed E-state index contributed by atoms with van der Waals surface area (Å²) in [5.74, 6) is 0.828. The van der Waals surface area contributed by atoms with Crippen molar-refractivity contribution >= 4 is 16.9 Å². The third kappa shape index (κ3) is 3.53. The average Bonchev–Trinajstić information content (AvgIpc) is 2.88. The van der Waals surface area contributed by atoms with Crippen molar-refractivity contribution in [3.63, 3.8) is 0 Å². The van der Waals surface area contributed by atoms with Crippen LogP contribution >= 0.6 is 0 Å². The summed E-state index contributed by atoms with van der Waals surface area (Å²) in [5.41, 5.74) is 2.03. The Labute approximate surface area is 131 Å². The molecule has 3 N–H and O–H groups in total. The van der Waals surface area contributed by atoms with Gasteiger partial charge in [-0.3, -0.25) is 0 Å². The van der Waals surface area contributed by atoms with E-state index in [-0.39, 0.29) is 17.5 Å². The van der Waals surface area contributed by atoms with Gasteiger partial charge in [-0.25, -0.2) is 4.79 Å². The second-order valence-corrected chi connectivity index (χ2v) is 6.48. The molecular weight excluding hydrogens is 278 g/mol. The van der Waals surface area contributed by atoms with Crippen LogP contribution in [-0.4, -0.2) is 30.7 Å². The molecule has 5 heteroatoms. The lowest BCUT2D eigenvalue weighted by Gasteiger charge is -2.25. The number of nitrogens with one attached hydrogen (secondary N) is 3. The lowest BCUT2D eigenvalue weighted by molar-refractivity contribution is 0.236. The second-order valence-electron chi connectivity index (χ2n) is 6.48. The summed E-state index contributed by atoms with van der Waals surface area (Å²) < 4.78 is 5.31. The van der Waals surface area contributed by atoms with Crippen molar-refractivity contribution in [1.82, 2.24) is 15.6 Å². The molecule has 0 unspecified atom stereocenters. The zero-order valence-electron chi connectivity index (χ0n) is 13.9. The molecule has 2 rings (SSSR count). The van der Waals surface area contributed by atoms with E-state index in [0.29, 0.717) is 6.54 Å². The number of carbonyl (C=O) groups excluding carboxylic acids is 1. The number of urea groups is 1. The van der Waals surface area contributed by atoms with Crippen LogP contribution in [0.15, 0.2) is 24.4 Å². The Bertz CT molecular complexity index is 659. The highest BCUT2D eigenvalue weighted by molar-refractivity contribution is 5.85. The number of ether oxygens (including phenoxy) is 1. The number of hydrogen-bond donors (Lipinski definition) is 3. The zero-order chi connectivity index (χ0) is 16.3. The van der Waals surface area contributed by atoms with Gasteiger partial charge in [0.25, 0.3) is 0 Å². The molecule has 1 aromatic carbocycles. The number of fused-ring (bicyclic) bond motifs is 1. The van der Waals surface area contributed by atoms with Gasteiger partial charge >= 0.3 is 6.03 Å². The number of H-pyrrole nitrogens is 1. The molecule has 1 heterocycles. The highest BCUT2D eigenvalue weighted by Crippen LogP contribution is 2.32. The first-order valence-electron chi connectivity index (χ1n) is 7.53. The van der Waals surface area contributed by atoms with Gasteiger partial charge in [0.1, 0.15) is 5.75 Å². The zero-order valence-corrected chi connectivity index (χ0v) is 13.9. The van der Waals surface area contributed by atoms with Crippen LogP contribution in [0.5, 0.6) is 5.75 Å². The van der Waals surface area contributed by atoms with Crippen LogP contribution in [-0.2, 0) is 5.41 Å². The maximum atomic E-state index is 11.8. The summed E-state index contributed by atoms with van der Waals surface area (Å²) in [6.07, 6.45) is 2.01. The normalized spacial score (nSPS) is 11.7. The molecule has 120 valence electrons. The summed E-state index contributed by atoms with van der Waals surface area (Å²) in [6, 6.07) is 5.95. The molecule has 1 aromatic heterocycles. The quantitative estimate of drug-likeness (QED) is 0.794. The smallest absolute Gasteiger partial charge is 0.315 e. The van der Waals surface area contributed by atoms with E-state index in [1.807, 2.05) is 38.2 Å². The molecule has 0 aliphatic carbocycles. The predicted molar refractivity (Wildman–Crippen MR) is 89.5 cm³/mol. The minimum absolute atomic E-state index is 0.125. The summed E-state index contributed by atoms with van der Waals surface area (Å²) in [4.78, 5) is 15.1. The van der Waals surface area contributed by atoms with Crippen LogP contribution in [0.4, 0.5) is 4.79 Å². The Hall–Kier alpha value is -2.17. The molecule has 0 bridgehead atoms. The molecule has 0 spiro atoms. The first-order valence-corrected chi connectivity index (χ1v) is 7.53. The maximum Gasteiger partial charge on any atom is 0.315 e. The molecule has 0 atom stereocenters. The fourth-order valence-electron chi connectivity index (χ4n) is 2.50. The van der Waals surface area contributed by atoms with Crippen molar-refractivity contribution in [3.05, 3.63) is 30.0 Å². The topological polar surface area (TPSA) is 66.1 Å². The van der Waals surface area contributed by atoms with Crippen molar-refractivity contribution in [2.75, 3.05) is 13.7 Å². The number of aromatic amines is 1. The lowest BCUT2D eigenvalue weighted by Crippen LogP contribution is -2.44. The van der Waals surface area contributed by atoms with E-state index in [9.17, 15) is 4.79 Å². The number of benzene rings is 1. The van der Waals surface area contributed by atoms with Crippen LogP contribution in [0.2, 0.25) is 0 Å². The molecule has 0 fully saturated rings. The van der Waals surface area contributed by atoms with Gasteiger partial charge in [-0.15, -0.1) is 0 Å². The number of aromatic nitrogens is 1.